The van der Waals surface area contributed by atoms with Gasteiger partial charge >= 0.3 is 0 Å². The van der Waals surface area contributed by atoms with Crippen LogP contribution in [0.15, 0.2) is 23.8 Å². The SMILES string of the molecule is COc1cc2c(cc1OC)C1CC=C(CC(C)C)CN1CC2. The average molecular weight is 301 g/mol. The summed E-state index contributed by atoms with van der Waals surface area (Å²) in [7, 11) is 3.42. The molecule has 0 spiro atoms. The highest BCUT2D eigenvalue weighted by Crippen LogP contribution is 2.41. The third-order valence-electron chi connectivity index (χ3n) is 4.82. The van der Waals surface area contributed by atoms with Crippen molar-refractivity contribution in [1.29, 1.82) is 0 Å². The number of methoxy groups -OCH3 is 2. The Balaban J connectivity index is 1.89. The van der Waals surface area contributed by atoms with Crippen molar-refractivity contribution in [2.75, 3.05) is 27.3 Å². The van der Waals surface area contributed by atoms with Crippen LogP contribution in [0.3, 0.4) is 0 Å². The fraction of sp³-hybridized carbons (Fsp3) is 0.579. The molecule has 1 aromatic carbocycles. The number of nitrogens with zero attached hydrogens (tertiary/aromatic N) is 1. The Labute approximate surface area is 133 Å². The first-order valence-electron chi connectivity index (χ1n) is 8.29. The summed E-state index contributed by atoms with van der Waals surface area (Å²) >= 11 is 0. The van der Waals surface area contributed by atoms with Gasteiger partial charge in [-0.25, -0.2) is 0 Å². The van der Waals surface area contributed by atoms with E-state index in [-0.39, 0.29) is 0 Å². The Hall–Kier alpha value is -1.48. The zero-order valence-corrected chi connectivity index (χ0v) is 14.2. The first-order valence-corrected chi connectivity index (χ1v) is 8.29. The molecule has 1 aromatic rings. The van der Waals surface area contributed by atoms with Crippen molar-refractivity contribution in [2.24, 2.45) is 5.92 Å². The molecule has 0 saturated heterocycles. The molecule has 1 unspecified atom stereocenters. The fourth-order valence-corrected chi connectivity index (χ4v) is 3.82. The van der Waals surface area contributed by atoms with Crippen LogP contribution in [-0.4, -0.2) is 32.2 Å². The predicted molar refractivity (Wildman–Crippen MR) is 89.7 cm³/mol. The van der Waals surface area contributed by atoms with Gasteiger partial charge in [0.15, 0.2) is 11.5 Å². The van der Waals surface area contributed by atoms with Gasteiger partial charge in [0.2, 0.25) is 0 Å². The Morgan fingerprint density at radius 3 is 2.59 bits per heavy atom. The summed E-state index contributed by atoms with van der Waals surface area (Å²) in [6.07, 6.45) is 5.90. The molecular weight excluding hydrogens is 274 g/mol. The molecule has 2 aliphatic rings. The number of benzene rings is 1. The van der Waals surface area contributed by atoms with Gasteiger partial charge in [0.05, 0.1) is 14.2 Å². The van der Waals surface area contributed by atoms with Crippen molar-refractivity contribution in [1.82, 2.24) is 4.90 Å². The number of ether oxygens (including phenoxy) is 2. The number of rotatable bonds is 4. The number of fused-ring (bicyclic) bond motifs is 3. The molecule has 3 heteroatoms. The first kappa shape index (κ1) is 15.4. The van der Waals surface area contributed by atoms with Crippen LogP contribution in [0.1, 0.15) is 43.9 Å². The van der Waals surface area contributed by atoms with Gasteiger partial charge in [-0.2, -0.15) is 0 Å². The lowest BCUT2D eigenvalue weighted by Crippen LogP contribution is -2.39. The molecule has 2 aliphatic heterocycles. The molecule has 0 radical (unpaired) electrons. The molecule has 1 atom stereocenters. The molecule has 0 N–H and O–H groups in total. The standard InChI is InChI=1S/C19H27NO2/c1-13(2)9-14-5-6-17-16-11-19(22-4)18(21-3)10-15(16)7-8-20(17)12-14/h5,10-11,13,17H,6-9,12H2,1-4H3. The van der Waals surface area contributed by atoms with E-state index in [1.54, 1.807) is 19.8 Å². The van der Waals surface area contributed by atoms with Crippen LogP contribution < -0.4 is 9.47 Å². The van der Waals surface area contributed by atoms with Crippen molar-refractivity contribution in [2.45, 2.75) is 39.2 Å². The Kier molecular flexibility index (Phi) is 4.44. The Morgan fingerprint density at radius 2 is 1.91 bits per heavy atom. The van der Waals surface area contributed by atoms with E-state index in [4.69, 9.17) is 9.47 Å². The van der Waals surface area contributed by atoms with Crippen LogP contribution in [0, 0.1) is 5.92 Å². The smallest absolute Gasteiger partial charge is 0.161 e. The zero-order valence-electron chi connectivity index (χ0n) is 14.2. The van der Waals surface area contributed by atoms with Crippen molar-refractivity contribution >= 4 is 0 Å². The van der Waals surface area contributed by atoms with Crippen LogP contribution in [0.25, 0.3) is 0 Å². The van der Waals surface area contributed by atoms with Gasteiger partial charge in [-0.1, -0.05) is 25.5 Å². The normalized spacial score (nSPS) is 21.1. The lowest BCUT2D eigenvalue weighted by molar-refractivity contribution is 0.187. The molecule has 3 rings (SSSR count). The molecule has 0 saturated carbocycles. The maximum absolute atomic E-state index is 5.50. The molecule has 0 aliphatic carbocycles. The van der Waals surface area contributed by atoms with Gasteiger partial charge in [0, 0.05) is 19.1 Å². The van der Waals surface area contributed by atoms with E-state index in [0.717, 1.165) is 43.3 Å². The van der Waals surface area contributed by atoms with E-state index in [1.165, 1.54) is 17.5 Å². The zero-order chi connectivity index (χ0) is 15.7. The van der Waals surface area contributed by atoms with E-state index in [9.17, 15) is 0 Å². The van der Waals surface area contributed by atoms with E-state index in [0.29, 0.717) is 6.04 Å². The summed E-state index contributed by atoms with van der Waals surface area (Å²) in [5.41, 5.74) is 4.44. The van der Waals surface area contributed by atoms with Crippen molar-refractivity contribution in [3.05, 3.63) is 34.9 Å². The minimum atomic E-state index is 0.500. The van der Waals surface area contributed by atoms with E-state index in [2.05, 4.69) is 37.0 Å². The van der Waals surface area contributed by atoms with E-state index in [1.807, 2.05) is 0 Å². The van der Waals surface area contributed by atoms with Crippen molar-refractivity contribution < 1.29 is 9.47 Å². The summed E-state index contributed by atoms with van der Waals surface area (Å²) in [6.45, 7) is 6.87. The minimum Gasteiger partial charge on any atom is -0.493 e. The molecule has 120 valence electrons. The number of hydrogen-bond donors (Lipinski definition) is 0. The van der Waals surface area contributed by atoms with Crippen molar-refractivity contribution in [3.8, 4) is 11.5 Å². The second-order valence-corrected chi connectivity index (χ2v) is 6.84. The first-order chi connectivity index (χ1) is 10.6. The summed E-state index contributed by atoms with van der Waals surface area (Å²) in [5.74, 6) is 2.44. The molecule has 0 amide bonds. The van der Waals surface area contributed by atoms with E-state index < -0.39 is 0 Å². The van der Waals surface area contributed by atoms with Gasteiger partial charge < -0.3 is 9.47 Å². The molecule has 0 fully saturated rings. The number of hydrogen-bond acceptors (Lipinski definition) is 3. The van der Waals surface area contributed by atoms with E-state index >= 15 is 0 Å². The highest BCUT2D eigenvalue weighted by atomic mass is 16.5. The molecule has 0 aromatic heterocycles. The Bertz CT molecular complexity index is 577. The monoisotopic (exact) mass is 301 g/mol. The maximum atomic E-state index is 5.50. The molecule has 22 heavy (non-hydrogen) atoms. The Morgan fingerprint density at radius 1 is 1.18 bits per heavy atom. The van der Waals surface area contributed by atoms with Crippen molar-refractivity contribution in [3.63, 3.8) is 0 Å². The van der Waals surface area contributed by atoms with Gasteiger partial charge in [-0.05, 0) is 48.4 Å². The second kappa shape index (κ2) is 6.33. The molecular formula is C19H27NO2. The minimum absolute atomic E-state index is 0.500. The van der Waals surface area contributed by atoms with Crippen LogP contribution in [-0.2, 0) is 6.42 Å². The van der Waals surface area contributed by atoms with Crippen LogP contribution in [0.4, 0.5) is 0 Å². The van der Waals surface area contributed by atoms with Crippen LogP contribution in [0.5, 0.6) is 11.5 Å². The third kappa shape index (κ3) is 2.87. The predicted octanol–water partition coefficient (Wildman–Crippen LogP) is 3.98. The van der Waals surface area contributed by atoms with Gasteiger partial charge in [0.25, 0.3) is 0 Å². The quantitative estimate of drug-likeness (QED) is 0.785. The van der Waals surface area contributed by atoms with Crippen LogP contribution >= 0.6 is 0 Å². The summed E-state index contributed by atoms with van der Waals surface area (Å²) in [6, 6.07) is 4.85. The molecule has 0 bridgehead atoms. The lowest BCUT2D eigenvalue weighted by Gasteiger charge is -2.41. The highest BCUT2D eigenvalue weighted by molar-refractivity contribution is 5.50. The second-order valence-electron chi connectivity index (χ2n) is 6.84. The largest absolute Gasteiger partial charge is 0.493 e. The topological polar surface area (TPSA) is 21.7 Å². The van der Waals surface area contributed by atoms with Gasteiger partial charge in [-0.3, -0.25) is 4.90 Å². The summed E-state index contributed by atoms with van der Waals surface area (Å²) in [5, 5.41) is 0. The summed E-state index contributed by atoms with van der Waals surface area (Å²) < 4.78 is 10.9. The van der Waals surface area contributed by atoms with Crippen LogP contribution in [0.2, 0.25) is 0 Å². The van der Waals surface area contributed by atoms with Gasteiger partial charge in [-0.15, -0.1) is 0 Å². The fourth-order valence-electron chi connectivity index (χ4n) is 3.82. The lowest BCUT2D eigenvalue weighted by atomic mass is 9.86. The maximum Gasteiger partial charge on any atom is 0.161 e. The molecule has 3 nitrogen and oxygen atoms in total. The third-order valence-corrected chi connectivity index (χ3v) is 4.82. The summed E-state index contributed by atoms with van der Waals surface area (Å²) in [4.78, 5) is 2.63. The average Bonchev–Trinajstić information content (AvgIpc) is 2.52. The highest BCUT2D eigenvalue weighted by Gasteiger charge is 2.31. The molecule has 2 heterocycles. The van der Waals surface area contributed by atoms with Gasteiger partial charge in [0.1, 0.15) is 0 Å².